The van der Waals surface area contributed by atoms with Gasteiger partial charge in [-0.2, -0.15) is 0 Å². The first-order chi connectivity index (χ1) is 12.4. The molecule has 1 aromatic heterocycles. The summed E-state index contributed by atoms with van der Waals surface area (Å²) in [6.45, 7) is 0. The van der Waals surface area contributed by atoms with Gasteiger partial charge in [0.05, 0.1) is 11.3 Å². The van der Waals surface area contributed by atoms with Gasteiger partial charge in [-0.05, 0) is 29.8 Å². The number of carbonyl (C=O) groups excluding carboxylic acids is 1. The van der Waals surface area contributed by atoms with E-state index in [-0.39, 0.29) is 16.4 Å². The number of rotatable bonds is 5. The highest BCUT2D eigenvalue weighted by molar-refractivity contribution is 7.83. The van der Waals surface area contributed by atoms with E-state index in [4.69, 9.17) is 0 Å². The summed E-state index contributed by atoms with van der Waals surface area (Å²) in [5.41, 5.74) is 1.07. The van der Waals surface area contributed by atoms with Crippen LogP contribution in [-0.4, -0.2) is 21.4 Å². The van der Waals surface area contributed by atoms with Crippen molar-refractivity contribution in [1.29, 1.82) is 0 Å². The third-order valence-electron chi connectivity index (χ3n) is 3.50. The fourth-order valence-corrected chi connectivity index (χ4v) is 3.74. The fraction of sp³-hybridized carbons (Fsp3) is 0.111. The van der Waals surface area contributed by atoms with Gasteiger partial charge in [-0.3, -0.25) is 14.3 Å². The molecule has 0 spiro atoms. The molecule has 3 rings (SSSR count). The minimum Gasteiger partial charge on any atom is -0.298 e. The molecule has 0 saturated carbocycles. The smallest absolute Gasteiger partial charge is 0.257 e. The molecule has 1 N–H and O–H groups in total. The Morgan fingerprint density at radius 2 is 1.88 bits per heavy atom. The lowest BCUT2D eigenvalue weighted by Gasteiger charge is -2.04. The number of halogens is 2. The van der Waals surface area contributed by atoms with Crippen LogP contribution in [0, 0.1) is 11.6 Å². The van der Waals surface area contributed by atoms with E-state index < -0.39 is 28.3 Å². The summed E-state index contributed by atoms with van der Waals surface area (Å²) in [6, 6.07) is 10.4. The van der Waals surface area contributed by atoms with Crippen LogP contribution in [0.5, 0.6) is 0 Å². The van der Waals surface area contributed by atoms with Gasteiger partial charge in [-0.15, -0.1) is 11.3 Å². The molecule has 1 atom stereocenters. The molecule has 26 heavy (non-hydrogen) atoms. The molecule has 0 radical (unpaired) electrons. The third-order valence-corrected chi connectivity index (χ3v) is 5.00. The van der Waals surface area contributed by atoms with E-state index in [1.54, 1.807) is 30.5 Å². The zero-order valence-electron chi connectivity index (χ0n) is 13.7. The highest BCUT2D eigenvalue weighted by Gasteiger charge is 2.16. The molecular formula is C18H14F2N2O2S2. The van der Waals surface area contributed by atoms with E-state index in [1.807, 2.05) is 0 Å². The summed E-state index contributed by atoms with van der Waals surface area (Å²) in [6.07, 6.45) is 1.59. The standard InChI is InChI=1S/C18H14F2N2O2S2/c1-26(24)10-11-4-2-5-12(8-11)17(23)22-18-21-15(9-25-18)16-13(19)6-3-7-14(16)20/h2-9H,10H2,1H3,(H,21,22,23)/t26-/m0/s1. The summed E-state index contributed by atoms with van der Waals surface area (Å²) in [5.74, 6) is -1.47. The maximum absolute atomic E-state index is 13.8. The lowest BCUT2D eigenvalue weighted by Crippen LogP contribution is -2.12. The van der Waals surface area contributed by atoms with Gasteiger partial charge in [-0.1, -0.05) is 18.2 Å². The molecule has 0 saturated heterocycles. The van der Waals surface area contributed by atoms with Crippen molar-refractivity contribution in [2.45, 2.75) is 5.75 Å². The number of amides is 1. The first kappa shape index (κ1) is 18.3. The van der Waals surface area contributed by atoms with Crippen LogP contribution in [0.3, 0.4) is 0 Å². The maximum Gasteiger partial charge on any atom is 0.257 e. The van der Waals surface area contributed by atoms with E-state index in [2.05, 4.69) is 10.3 Å². The molecule has 0 aliphatic rings. The van der Waals surface area contributed by atoms with E-state index in [9.17, 15) is 17.8 Å². The van der Waals surface area contributed by atoms with Gasteiger partial charge in [0.25, 0.3) is 5.91 Å². The number of nitrogens with zero attached hydrogens (tertiary/aromatic N) is 1. The van der Waals surface area contributed by atoms with Crippen molar-refractivity contribution in [2.75, 3.05) is 11.6 Å². The Morgan fingerprint density at radius 3 is 2.58 bits per heavy atom. The number of hydrogen-bond donors (Lipinski definition) is 1. The first-order valence-electron chi connectivity index (χ1n) is 7.54. The summed E-state index contributed by atoms with van der Waals surface area (Å²) >= 11 is 1.07. The molecule has 0 unspecified atom stereocenters. The Morgan fingerprint density at radius 1 is 1.19 bits per heavy atom. The largest absolute Gasteiger partial charge is 0.298 e. The van der Waals surface area contributed by atoms with Crippen LogP contribution in [0.15, 0.2) is 47.8 Å². The monoisotopic (exact) mass is 392 g/mol. The number of carbonyl (C=O) groups is 1. The molecule has 0 bridgehead atoms. The van der Waals surface area contributed by atoms with Gasteiger partial charge in [0.2, 0.25) is 0 Å². The van der Waals surface area contributed by atoms with Crippen LogP contribution >= 0.6 is 11.3 Å². The number of anilines is 1. The molecule has 0 aliphatic heterocycles. The quantitative estimate of drug-likeness (QED) is 0.707. The highest BCUT2D eigenvalue weighted by atomic mass is 32.2. The van der Waals surface area contributed by atoms with Crippen molar-refractivity contribution in [3.05, 3.63) is 70.6 Å². The molecule has 3 aromatic rings. The van der Waals surface area contributed by atoms with Crippen LogP contribution in [-0.2, 0) is 16.6 Å². The topological polar surface area (TPSA) is 59.1 Å². The summed E-state index contributed by atoms with van der Waals surface area (Å²) in [4.78, 5) is 16.5. The van der Waals surface area contributed by atoms with Crippen LogP contribution in [0.4, 0.5) is 13.9 Å². The zero-order chi connectivity index (χ0) is 18.7. The van der Waals surface area contributed by atoms with E-state index in [0.29, 0.717) is 11.3 Å². The average Bonchev–Trinajstić information content (AvgIpc) is 3.02. The second-order valence-corrected chi connectivity index (χ2v) is 7.80. The number of nitrogens with one attached hydrogen (secondary N) is 1. The maximum atomic E-state index is 13.8. The molecule has 1 amide bonds. The highest BCUT2D eigenvalue weighted by Crippen LogP contribution is 2.29. The van der Waals surface area contributed by atoms with Gasteiger partial charge < -0.3 is 0 Å². The van der Waals surface area contributed by atoms with Crippen molar-refractivity contribution in [2.24, 2.45) is 0 Å². The van der Waals surface area contributed by atoms with Crippen LogP contribution < -0.4 is 5.32 Å². The second-order valence-electron chi connectivity index (χ2n) is 5.51. The van der Waals surface area contributed by atoms with Crippen molar-refractivity contribution >= 4 is 33.2 Å². The minimum atomic E-state index is -1.01. The van der Waals surface area contributed by atoms with Gasteiger partial charge >= 0.3 is 0 Å². The first-order valence-corrected chi connectivity index (χ1v) is 10.1. The molecule has 0 aliphatic carbocycles. The predicted octanol–water partition coefficient (Wildman–Crippen LogP) is 4.22. The Kier molecular flexibility index (Phi) is 5.53. The van der Waals surface area contributed by atoms with Crippen molar-refractivity contribution < 1.29 is 17.8 Å². The molecule has 8 heteroatoms. The Hall–Kier alpha value is -2.45. The lowest BCUT2D eigenvalue weighted by molar-refractivity contribution is 0.102. The normalized spacial score (nSPS) is 12.0. The molecular weight excluding hydrogens is 378 g/mol. The van der Waals surface area contributed by atoms with Crippen LogP contribution in [0.1, 0.15) is 15.9 Å². The molecule has 134 valence electrons. The fourth-order valence-electron chi connectivity index (χ4n) is 2.39. The van der Waals surface area contributed by atoms with Gasteiger partial charge in [0.1, 0.15) is 11.6 Å². The zero-order valence-corrected chi connectivity index (χ0v) is 15.3. The second kappa shape index (κ2) is 7.84. The Balaban J connectivity index is 1.79. The molecule has 0 fully saturated rings. The lowest BCUT2D eigenvalue weighted by atomic mass is 10.1. The minimum absolute atomic E-state index is 0.121. The Labute approximate surface area is 155 Å². The number of aromatic nitrogens is 1. The molecule has 2 aromatic carbocycles. The van der Waals surface area contributed by atoms with E-state index in [0.717, 1.165) is 29.0 Å². The summed E-state index contributed by atoms with van der Waals surface area (Å²) in [5, 5.41) is 4.33. The average molecular weight is 392 g/mol. The van der Waals surface area contributed by atoms with Crippen LogP contribution in [0.2, 0.25) is 0 Å². The van der Waals surface area contributed by atoms with Gasteiger partial charge in [-0.25, -0.2) is 13.8 Å². The van der Waals surface area contributed by atoms with Gasteiger partial charge in [0, 0.05) is 33.8 Å². The number of benzene rings is 2. The Bertz CT molecular complexity index is 969. The van der Waals surface area contributed by atoms with Crippen molar-refractivity contribution in [1.82, 2.24) is 4.98 Å². The number of hydrogen-bond acceptors (Lipinski definition) is 4. The van der Waals surface area contributed by atoms with E-state index in [1.165, 1.54) is 11.4 Å². The summed E-state index contributed by atoms with van der Waals surface area (Å²) < 4.78 is 39.0. The van der Waals surface area contributed by atoms with Crippen LogP contribution in [0.25, 0.3) is 11.3 Å². The van der Waals surface area contributed by atoms with E-state index >= 15 is 0 Å². The van der Waals surface area contributed by atoms with Crippen molar-refractivity contribution in [3.63, 3.8) is 0 Å². The number of thiazole rings is 1. The van der Waals surface area contributed by atoms with Gasteiger partial charge in [0.15, 0.2) is 5.13 Å². The molecule has 4 nitrogen and oxygen atoms in total. The molecule has 1 heterocycles. The van der Waals surface area contributed by atoms with Crippen molar-refractivity contribution in [3.8, 4) is 11.3 Å². The predicted molar refractivity (Wildman–Crippen MR) is 99.6 cm³/mol. The SMILES string of the molecule is C[S@](=O)Cc1cccc(C(=O)Nc2nc(-c3c(F)cccc3F)cs2)c1. The summed E-state index contributed by atoms with van der Waals surface area (Å²) in [7, 11) is -1.01. The third kappa shape index (κ3) is 4.20.